The van der Waals surface area contributed by atoms with Gasteiger partial charge >= 0.3 is 12.1 Å². The predicted octanol–water partition coefficient (Wildman–Crippen LogP) is 4.39. The molecule has 20 heavy (non-hydrogen) atoms. The zero-order chi connectivity index (χ0) is 15.0. The highest BCUT2D eigenvalue weighted by Crippen LogP contribution is 2.19. The fourth-order valence-electron chi connectivity index (χ4n) is 1.39. The first kappa shape index (κ1) is 16.0. The summed E-state index contributed by atoms with van der Waals surface area (Å²) in [5.41, 5.74) is 1.23. The molecule has 5 heteroatoms. The lowest BCUT2D eigenvalue weighted by Gasteiger charge is -2.01. The fraction of sp³-hybridized carbons (Fsp3) is 0.267. The summed E-state index contributed by atoms with van der Waals surface area (Å²) in [5, 5.41) is 0. The molecule has 0 aliphatic rings. The third-order valence-corrected chi connectivity index (χ3v) is 2.31. The Labute approximate surface area is 115 Å². The molecule has 0 spiro atoms. The lowest BCUT2D eigenvalue weighted by Crippen LogP contribution is -2.04. The van der Waals surface area contributed by atoms with E-state index in [4.69, 9.17) is 4.74 Å². The van der Waals surface area contributed by atoms with Crippen LogP contribution in [0.2, 0.25) is 0 Å². The van der Waals surface area contributed by atoms with Crippen molar-refractivity contribution in [1.29, 1.82) is 0 Å². The molecule has 0 heterocycles. The Balaban J connectivity index is 2.55. The summed E-state index contributed by atoms with van der Waals surface area (Å²) in [5.74, 6) is -0.395. The number of rotatable bonds is 5. The third kappa shape index (κ3) is 6.22. The van der Waals surface area contributed by atoms with Crippen LogP contribution in [0.5, 0.6) is 0 Å². The van der Waals surface area contributed by atoms with Gasteiger partial charge in [0.25, 0.3) is 0 Å². The van der Waals surface area contributed by atoms with Crippen LogP contribution >= 0.6 is 0 Å². The summed E-state index contributed by atoms with van der Waals surface area (Å²) in [6.45, 7) is 2.03. The van der Waals surface area contributed by atoms with Crippen LogP contribution in [0.25, 0.3) is 6.08 Å². The molecule has 0 bridgehead atoms. The number of carbonyl (C=O) groups excluding carboxylic acids is 1. The molecule has 0 saturated heterocycles. The Kier molecular flexibility index (Phi) is 6.03. The maximum absolute atomic E-state index is 11.9. The van der Waals surface area contributed by atoms with E-state index >= 15 is 0 Å². The molecule has 0 radical (unpaired) electrons. The molecular formula is C15H15F3O2. The number of allylic oxidation sites excluding steroid dienone is 3. The van der Waals surface area contributed by atoms with Gasteiger partial charge in [0.05, 0.1) is 18.6 Å². The Morgan fingerprint density at radius 2 is 1.85 bits per heavy atom. The van der Waals surface area contributed by atoms with E-state index in [0.717, 1.165) is 11.6 Å². The molecule has 0 unspecified atom stereocenters. The smallest absolute Gasteiger partial charge is 0.392 e. The zero-order valence-corrected chi connectivity index (χ0v) is 11.0. The van der Waals surface area contributed by atoms with E-state index in [-0.39, 0.29) is 0 Å². The molecule has 108 valence electrons. The molecule has 0 aromatic heterocycles. The van der Waals surface area contributed by atoms with E-state index in [0.29, 0.717) is 12.2 Å². The Morgan fingerprint density at radius 3 is 2.40 bits per heavy atom. The van der Waals surface area contributed by atoms with Gasteiger partial charge in [-0.2, -0.15) is 13.2 Å². The van der Waals surface area contributed by atoms with Crippen LogP contribution in [0.1, 0.15) is 29.3 Å². The van der Waals surface area contributed by atoms with Crippen LogP contribution in [0.15, 0.2) is 42.5 Å². The van der Waals surface area contributed by atoms with Crippen molar-refractivity contribution in [3.63, 3.8) is 0 Å². The molecule has 0 aliphatic carbocycles. The van der Waals surface area contributed by atoms with Crippen molar-refractivity contribution in [3.05, 3.63) is 53.6 Å². The molecule has 2 nitrogen and oxygen atoms in total. The van der Waals surface area contributed by atoms with Crippen LogP contribution in [0.3, 0.4) is 0 Å². The molecular weight excluding hydrogens is 269 g/mol. The largest absolute Gasteiger partial charge is 0.462 e. The molecule has 0 N–H and O–H groups in total. The summed E-state index contributed by atoms with van der Waals surface area (Å²) in [7, 11) is 0. The lowest BCUT2D eigenvalue weighted by molar-refractivity contribution is -0.125. The topological polar surface area (TPSA) is 26.3 Å². The van der Waals surface area contributed by atoms with Gasteiger partial charge in [-0.05, 0) is 24.6 Å². The zero-order valence-electron chi connectivity index (χ0n) is 11.0. The van der Waals surface area contributed by atoms with Gasteiger partial charge in [0, 0.05) is 0 Å². The van der Waals surface area contributed by atoms with Crippen molar-refractivity contribution in [2.45, 2.75) is 19.5 Å². The van der Waals surface area contributed by atoms with Crippen LogP contribution in [0.4, 0.5) is 13.2 Å². The molecule has 0 atom stereocenters. The van der Waals surface area contributed by atoms with Crippen LogP contribution in [0, 0.1) is 0 Å². The standard InChI is InChI=1S/C15H15F3O2/c1-2-20-14(19)13-9-7-12(8-10-13)6-4-3-5-11-15(16,17)18/h3-10H,2,11H2,1H3/b5-3+,6-4+. The van der Waals surface area contributed by atoms with Crippen LogP contribution < -0.4 is 0 Å². The number of alkyl halides is 3. The second kappa shape index (κ2) is 7.53. The summed E-state index contributed by atoms with van der Waals surface area (Å²) in [4.78, 5) is 11.4. The number of ether oxygens (including phenoxy) is 1. The number of hydrogen-bond acceptors (Lipinski definition) is 2. The van der Waals surface area contributed by atoms with Crippen LogP contribution in [-0.4, -0.2) is 18.8 Å². The molecule has 0 amide bonds. The fourth-order valence-corrected chi connectivity index (χ4v) is 1.39. The van der Waals surface area contributed by atoms with Gasteiger partial charge in [-0.25, -0.2) is 4.79 Å². The summed E-state index contributed by atoms with van der Waals surface area (Å²) in [6, 6.07) is 6.61. The van der Waals surface area contributed by atoms with Gasteiger partial charge in [0.15, 0.2) is 0 Å². The summed E-state index contributed by atoms with van der Waals surface area (Å²) in [6.07, 6.45) is 0.438. The Bertz CT molecular complexity index is 485. The van der Waals surface area contributed by atoms with Crippen molar-refractivity contribution in [2.75, 3.05) is 6.61 Å². The second-order valence-corrected chi connectivity index (χ2v) is 3.95. The highest BCUT2D eigenvalue weighted by molar-refractivity contribution is 5.89. The highest BCUT2D eigenvalue weighted by atomic mass is 19.4. The van der Waals surface area contributed by atoms with Crippen molar-refractivity contribution in [2.24, 2.45) is 0 Å². The van der Waals surface area contributed by atoms with Crippen molar-refractivity contribution >= 4 is 12.0 Å². The minimum Gasteiger partial charge on any atom is -0.462 e. The SMILES string of the molecule is CCOC(=O)c1ccc(/C=C/C=C/CC(F)(F)F)cc1. The summed E-state index contributed by atoms with van der Waals surface area (Å²) >= 11 is 0. The highest BCUT2D eigenvalue weighted by Gasteiger charge is 2.24. The lowest BCUT2D eigenvalue weighted by atomic mass is 10.1. The number of esters is 1. The molecule has 0 fully saturated rings. The van der Waals surface area contributed by atoms with E-state index in [9.17, 15) is 18.0 Å². The van der Waals surface area contributed by atoms with Gasteiger partial charge in [-0.1, -0.05) is 36.4 Å². The summed E-state index contributed by atoms with van der Waals surface area (Å²) < 4.78 is 40.4. The minimum absolute atomic E-state index is 0.310. The van der Waals surface area contributed by atoms with Gasteiger partial charge in [0.1, 0.15) is 0 Å². The second-order valence-electron chi connectivity index (χ2n) is 3.95. The van der Waals surface area contributed by atoms with Gasteiger partial charge in [-0.15, -0.1) is 0 Å². The van der Waals surface area contributed by atoms with E-state index in [2.05, 4.69) is 0 Å². The number of carbonyl (C=O) groups is 1. The Hall–Kier alpha value is -2.04. The number of hydrogen-bond donors (Lipinski definition) is 0. The van der Waals surface area contributed by atoms with Gasteiger partial charge in [-0.3, -0.25) is 0 Å². The molecule has 1 aromatic carbocycles. The minimum atomic E-state index is -4.17. The predicted molar refractivity (Wildman–Crippen MR) is 71.2 cm³/mol. The van der Waals surface area contributed by atoms with E-state index in [1.165, 1.54) is 12.2 Å². The molecule has 1 aromatic rings. The third-order valence-electron chi connectivity index (χ3n) is 2.31. The first-order valence-corrected chi connectivity index (χ1v) is 6.09. The van der Waals surface area contributed by atoms with Crippen molar-refractivity contribution in [1.82, 2.24) is 0 Å². The molecule has 0 aliphatic heterocycles. The van der Waals surface area contributed by atoms with Crippen molar-refractivity contribution in [3.8, 4) is 0 Å². The average molecular weight is 284 g/mol. The number of halogens is 3. The molecule has 1 rings (SSSR count). The Morgan fingerprint density at radius 1 is 1.20 bits per heavy atom. The molecule has 0 saturated carbocycles. The van der Waals surface area contributed by atoms with E-state index < -0.39 is 18.6 Å². The van der Waals surface area contributed by atoms with E-state index in [1.807, 2.05) is 0 Å². The first-order valence-electron chi connectivity index (χ1n) is 6.09. The monoisotopic (exact) mass is 284 g/mol. The first-order chi connectivity index (χ1) is 9.42. The van der Waals surface area contributed by atoms with E-state index in [1.54, 1.807) is 37.3 Å². The average Bonchev–Trinajstić information content (AvgIpc) is 2.38. The normalized spacial score (nSPS) is 12.2. The quantitative estimate of drug-likeness (QED) is 0.592. The van der Waals surface area contributed by atoms with Crippen molar-refractivity contribution < 1.29 is 22.7 Å². The maximum Gasteiger partial charge on any atom is 0.392 e. The van der Waals surface area contributed by atoms with Crippen LogP contribution in [-0.2, 0) is 4.74 Å². The van der Waals surface area contributed by atoms with Gasteiger partial charge in [0.2, 0.25) is 0 Å². The van der Waals surface area contributed by atoms with Gasteiger partial charge < -0.3 is 4.74 Å². The number of benzene rings is 1. The maximum atomic E-state index is 11.9.